The van der Waals surface area contributed by atoms with E-state index >= 15 is 0 Å². The predicted octanol–water partition coefficient (Wildman–Crippen LogP) is 3.15. The minimum Gasteiger partial charge on any atom is -0.464 e. The Labute approximate surface area is 150 Å². The molecule has 0 spiro atoms. The first-order valence-corrected chi connectivity index (χ1v) is 8.66. The third-order valence-corrected chi connectivity index (χ3v) is 4.25. The molecule has 0 saturated carbocycles. The number of hydrogen-bond donors (Lipinski definition) is 1. The van der Waals surface area contributed by atoms with Gasteiger partial charge in [-0.25, -0.2) is 0 Å². The number of ether oxygens (including phenoxy) is 1. The van der Waals surface area contributed by atoms with Crippen LogP contribution in [0.15, 0.2) is 51.6 Å². The van der Waals surface area contributed by atoms with E-state index in [-0.39, 0.29) is 12.0 Å². The molecule has 3 heterocycles. The number of hydrogen-bond acceptors (Lipinski definition) is 6. The highest BCUT2D eigenvalue weighted by Gasteiger charge is 2.23. The van der Waals surface area contributed by atoms with E-state index < -0.39 is 0 Å². The van der Waals surface area contributed by atoms with Crippen LogP contribution in [0.4, 0.5) is 0 Å². The molecular weight excluding hydrogens is 334 g/mol. The van der Waals surface area contributed by atoms with Crippen molar-refractivity contribution < 1.29 is 18.5 Å². The number of carbonyl (C=O) groups is 1. The lowest BCUT2D eigenvalue weighted by Crippen LogP contribution is -2.25. The topological polar surface area (TPSA) is 90.4 Å². The summed E-state index contributed by atoms with van der Waals surface area (Å²) in [5.74, 6) is 1.67. The first kappa shape index (κ1) is 16.5. The molecule has 7 heteroatoms. The lowest BCUT2D eigenvalue weighted by molar-refractivity contribution is 0.0835. The highest BCUT2D eigenvalue weighted by Crippen LogP contribution is 2.26. The summed E-state index contributed by atoms with van der Waals surface area (Å²) < 4.78 is 16.1. The number of rotatable bonds is 6. The lowest BCUT2D eigenvalue weighted by atomic mass is 10.1. The highest BCUT2D eigenvalue weighted by molar-refractivity contribution is 5.95. The van der Waals surface area contributed by atoms with Crippen LogP contribution in [-0.4, -0.2) is 29.2 Å². The molecule has 1 fully saturated rings. The minimum atomic E-state index is -0.152. The first-order valence-electron chi connectivity index (χ1n) is 8.66. The van der Waals surface area contributed by atoms with Crippen molar-refractivity contribution in [1.82, 2.24) is 15.5 Å². The molecular formula is C19H19N3O4. The van der Waals surface area contributed by atoms with Gasteiger partial charge in [-0.1, -0.05) is 17.3 Å². The zero-order chi connectivity index (χ0) is 17.8. The third kappa shape index (κ3) is 3.67. The van der Waals surface area contributed by atoms with E-state index in [0.717, 1.165) is 30.8 Å². The van der Waals surface area contributed by atoms with Gasteiger partial charge in [0.25, 0.3) is 11.8 Å². The van der Waals surface area contributed by atoms with Crippen LogP contribution in [-0.2, 0) is 11.2 Å². The summed E-state index contributed by atoms with van der Waals surface area (Å²) in [7, 11) is 0. The van der Waals surface area contributed by atoms with Crippen LogP contribution in [0.5, 0.6) is 0 Å². The van der Waals surface area contributed by atoms with E-state index in [4.69, 9.17) is 13.7 Å². The van der Waals surface area contributed by atoms with E-state index in [1.54, 1.807) is 18.4 Å². The number of carbonyl (C=O) groups excluding carboxylic acids is 1. The van der Waals surface area contributed by atoms with Gasteiger partial charge in [-0.05, 0) is 37.1 Å². The van der Waals surface area contributed by atoms with Gasteiger partial charge in [-0.15, -0.1) is 0 Å². The van der Waals surface area contributed by atoms with Crippen molar-refractivity contribution in [2.45, 2.75) is 25.4 Å². The maximum absolute atomic E-state index is 12.3. The van der Waals surface area contributed by atoms with Crippen molar-refractivity contribution in [2.24, 2.45) is 0 Å². The van der Waals surface area contributed by atoms with Crippen LogP contribution in [0.3, 0.4) is 0 Å². The second kappa shape index (κ2) is 7.53. The summed E-state index contributed by atoms with van der Waals surface area (Å²) in [5, 5.41) is 6.82. The SMILES string of the molecule is O=C(NCCc1noc(C2CCCO2)n1)c1cccc(-c2ccco2)c1. The molecule has 7 nitrogen and oxygen atoms in total. The minimum absolute atomic E-state index is 0.0878. The molecule has 0 aliphatic carbocycles. The van der Waals surface area contributed by atoms with Crippen LogP contribution in [0.2, 0.25) is 0 Å². The Morgan fingerprint density at radius 1 is 1.27 bits per heavy atom. The largest absolute Gasteiger partial charge is 0.464 e. The smallest absolute Gasteiger partial charge is 0.255 e. The molecule has 0 radical (unpaired) electrons. The quantitative estimate of drug-likeness (QED) is 0.732. The van der Waals surface area contributed by atoms with E-state index in [1.807, 2.05) is 24.3 Å². The van der Waals surface area contributed by atoms with Crippen molar-refractivity contribution in [3.63, 3.8) is 0 Å². The lowest BCUT2D eigenvalue weighted by Gasteiger charge is -2.05. The monoisotopic (exact) mass is 353 g/mol. The number of nitrogens with one attached hydrogen (secondary N) is 1. The number of amides is 1. The summed E-state index contributed by atoms with van der Waals surface area (Å²) in [6.45, 7) is 1.16. The highest BCUT2D eigenvalue weighted by atomic mass is 16.5. The molecule has 1 aliphatic rings. The fourth-order valence-corrected chi connectivity index (χ4v) is 2.92. The van der Waals surface area contributed by atoms with Gasteiger partial charge in [-0.3, -0.25) is 4.79 Å². The molecule has 1 amide bonds. The van der Waals surface area contributed by atoms with Gasteiger partial charge in [0.2, 0.25) is 0 Å². The fraction of sp³-hybridized carbons (Fsp3) is 0.316. The van der Waals surface area contributed by atoms with E-state index in [1.165, 1.54) is 0 Å². The van der Waals surface area contributed by atoms with Gasteiger partial charge >= 0.3 is 0 Å². The summed E-state index contributed by atoms with van der Waals surface area (Å²) in [6.07, 6.45) is 3.94. The van der Waals surface area contributed by atoms with Gasteiger partial charge in [0, 0.05) is 30.7 Å². The van der Waals surface area contributed by atoms with Crippen LogP contribution < -0.4 is 5.32 Å². The summed E-state index contributed by atoms with van der Waals surface area (Å²) in [6, 6.07) is 11.0. The third-order valence-electron chi connectivity index (χ3n) is 4.25. The van der Waals surface area contributed by atoms with Gasteiger partial charge in [0.1, 0.15) is 11.9 Å². The average molecular weight is 353 g/mol. The summed E-state index contributed by atoms with van der Waals surface area (Å²) in [5.41, 5.74) is 1.44. The predicted molar refractivity (Wildman–Crippen MR) is 92.4 cm³/mol. The maximum atomic E-state index is 12.3. The van der Waals surface area contributed by atoms with E-state index in [2.05, 4.69) is 15.5 Å². The van der Waals surface area contributed by atoms with Crippen molar-refractivity contribution >= 4 is 5.91 Å². The molecule has 1 N–H and O–H groups in total. The van der Waals surface area contributed by atoms with Gasteiger partial charge < -0.3 is 19.0 Å². The van der Waals surface area contributed by atoms with Crippen molar-refractivity contribution in [3.8, 4) is 11.3 Å². The summed E-state index contributed by atoms with van der Waals surface area (Å²) >= 11 is 0. The molecule has 26 heavy (non-hydrogen) atoms. The second-order valence-corrected chi connectivity index (χ2v) is 6.11. The second-order valence-electron chi connectivity index (χ2n) is 6.11. The number of benzene rings is 1. The fourth-order valence-electron chi connectivity index (χ4n) is 2.92. The van der Waals surface area contributed by atoms with E-state index in [9.17, 15) is 4.79 Å². The first-order chi connectivity index (χ1) is 12.8. The zero-order valence-corrected chi connectivity index (χ0v) is 14.2. The Bertz CT molecular complexity index is 867. The van der Waals surface area contributed by atoms with Crippen LogP contribution in [0.1, 0.15) is 41.0 Å². The van der Waals surface area contributed by atoms with Crippen molar-refractivity contribution in [3.05, 3.63) is 59.9 Å². The number of nitrogens with zero attached hydrogens (tertiary/aromatic N) is 2. The average Bonchev–Trinajstić information content (AvgIpc) is 3.43. The van der Waals surface area contributed by atoms with Crippen molar-refractivity contribution in [2.75, 3.05) is 13.2 Å². The normalized spacial score (nSPS) is 16.7. The van der Waals surface area contributed by atoms with Crippen LogP contribution >= 0.6 is 0 Å². The Morgan fingerprint density at radius 2 is 2.23 bits per heavy atom. The Kier molecular flexibility index (Phi) is 4.79. The molecule has 3 aromatic rings. The van der Waals surface area contributed by atoms with E-state index in [0.29, 0.717) is 30.2 Å². The number of furan rings is 1. The van der Waals surface area contributed by atoms with Gasteiger partial charge in [0.05, 0.1) is 6.26 Å². The summed E-state index contributed by atoms with van der Waals surface area (Å²) in [4.78, 5) is 16.7. The molecule has 134 valence electrons. The molecule has 2 aromatic heterocycles. The van der Waals surface area contributed by atoms with Crippen LogP contribution in [0.25, 0.3) is 11.3 Å². The molecule has 1 unspecified atom stereocenters. The maximum Gasteiger partial charge on any atom is 0.255 e. The van der Waals surface area contributed by atoms with Gasteiger partial charge in [-0.2, -0.15) is 4.98 Å². The Hall–Kier alpha value is -2.93. The van der Waals surface area contributed by atoms with Gasteiger partial charge in [0.15, 0.2) is 5.82 Å². The Morgan fingerprint density at radius 3 is 3.04 bits per heavy atom. The molecule has 1 saturated heterocycles. The number of aromatic nitrogens is 2. The molecule has 1 aromatic carbocycles. The molecule has 1 atom stereocenters. The molecule has 1 aliphatic heterocycles. The zero-order valence-electron chi connectivity index (χ0n) is 14.2. The molecule has 0 bridgehead atoms. The standard InChI is InChI=1S/C19H19N3O4/c23-18(14-5-1-4-13(12-14)15-6-2-10-24-15)20-9-8-17-21-19(26-22-17)16-7-3-11-25-16/h1-2,4-6,10,12,16H,3,7-9,11H2,(H,20,23). The Balaban J connectivity index is 1.32. The van der Waals surface area contributed by atoms with Crippen LogP contribution in [0, 0.1) is 0 Å². The molecule has 4 rings (SSSR count). The van der Waals surface area contributed by atoms with Crippen molar-refractivity contribution in [1.29, 1.82) is 0 Å².